The topological polar surface area (TPSA) is 75.9 Å². The van der Waals surface area contributed by atoms with Gasteiger partial charge in [-0.2, -0.15) is 0 Å². The molecule has 2 fully saturated rings. The van der Waals surface area contributed by atoms with Crippen molar-refractivity contribution in [3.63, 3.8) is 0 Å². The highest BCUT2D eigenvalue weighted by Gasteiger charge is 2.47. The van der Waals surface area contributed by atoms with Crippen LogP contribution < -0.4 is 5.73 Å². The first kappa shape index (κ1) is 18.8. The van der Waals surface area contributed by atoms with Crippen molar-refractivity contribution in [1.82, 2.24) is 9.80 Å². The number of carbonyl (C=O) groups is 2. The summed E-state index contributed by atoms with van der Waals surface area (Å²) in [5.41, 5.74) is 6.68. The summed E-state index contributed by atoms with van der Waals surface area (Å²) >= 11 is 0. The molecule has 0 aromatic heterocycles. The summed E-state index contributed by atoms with van der Waals surface area (Å²) in [7, 11) is 0. The molecule has 144 valence electrons. The van der Waals surface area contributed by atoms with E-state index in [1.807, 2.05) is 42.7 Å². The number of amides is 2. The number of nitrogens with zero attached hydrogens (tertiary/aromatic N) is 2. The molecule has 2 amide bonds. The van der Waals surface area contributed by atoms with Crippen molar-refractivity contribution in [3.8, 4) is 0 Å². The van der Waals surface area contributed by atoms with Crippen LogP contribution in [0.5, 0.6) is 0 Å². The lowest BCUT2D eigenvalue weighted by Crippen LogP contribution is -2.51. The molecule has 26 heavy (non-hydrogen) atoms. The van der Waals surface area contributed by atoms with Gasteiger partial charge < -0.3 is 20.3 Å². The van der Waals surface area contributed by atoms with Crippen molar-refractivity contribution in [2.24, 2.45) is 11.1 Å². The molecule has 6 nitrogen and oxygen atoms in total. The van der Waals surface area contributed by atoms with Gasteiger partial charge in [-0.1, -0.05) is 13.0 Å². The first-order valence-corrected chi connectivity index (χ1v) is 9.56. The molecule has 2 saturated heterocycles. The number of fused-ring (bicyclic) bond motifs is 1. The Morgan fingerprint density at radius 1 is 1.38 bits per heavy atom. The number of ether oxygens (including phenoxy) is 1. The minimum absolute atomic E-state index is 0.00101. The van der Waals surface area contributed by atoms with Gasteiger partial charge in [0.2, 0.25) is 0 Å². The zero-order chi connectivity index (χ0) is 19.1. The molecule has 2 unspecified atom stereocenters. The van der Waals surface area contributed by atoms with E-state index in [0.29, 0.717) is 25.3 Å². The van der Waals surface area contributed by atoms with Gasteiger partial charge in [0.05, 0.1) is 6.04 Å². The molecule has 0 aromatic rings. The first-order valence-electron chi connectivity index (χ1n) is 9.56. The van der Waals surface area contributed by atoms with Crippen LogP contribution in [-0.2, 0) is 9.53 Å². The monoisotopic (exact) mass is 361 g/mol. The fraction of sp³-hybridized carbons (Fsp3) is 0.700. The van der Waals surface area contributed by atoms with Gasteiger partial charge in [0, 0.05) is 36.3 Å². The van der Waals surface area contributed by atoms with Gasteiger partial charge in [-0.3, -0.25) is 4.79 Å². The molecule has 0 radical (unpaired) electrons. The lowest BCUT2D eigenvalue weighted by Gasteiger charge is -2.38. The van der Waals surface area contributed by atoms with Gasteiger partial charge in [-0.15, -0.1) is 0 Å². The second-order valence-electron chi connectivity index (χ2n) is 9.01. The van der Waals surface area contributed by atoms with E-state index in [1.54, 1.807) is 0 Å². The lowest BCUT2D eigenvalue weighted by atomic mass is 9.78. The van der Waals surface area contributed by atoms with Crippen LogP contribution in [0.2, 0.25) is 0 Å². The van der Waals surface area contributed by atoms with Gasteiger partial charge >= 0.3 is 6.09 Å². The molecule has 0 aromatic carbocycles. The summed E-state index contributed by atoms with van der Waals surface area (Å²) in [4.78, 5) is 29.2. The Morgan fingerprint density at radius 3 is 2.77 bits per heavy atom. The van der Waals surface area contributed by atoms with Crippen LogP contribution >= 0.6 is 0 Å². The van der Waals surface area contributed by atoms with E-state index in [0.717, 1.165) is 31.3 Å². The molecule has 2 N–H and O–H groups in total. The molecular formula is C20H31N3O3. The van der Waals surface area contributed by atoms with E-state index in [2.05, 4.69) is 6.92 Å². The van der Waals surface area contributed by atoms with Gasteiger partial charge in [0.15, 0.2) is 0 Å². The van der Waals surface area contributed by atoms with Crippen LogP contribution in [0, 0.1) is 5.41 Å². The highest BCUT2D eigenvalue weighted by molar-refractivity contribution is 5.99. The van der Waals surface area contributed by atoms with Crippen LogP contribution in [0.25, 0.3) is 0 Å². The van der Waals surface area contributed by atoms with Crippen molar-refractivity contribution in [2.45, 2.75) is 65.0 Å². The number of piperidine rings is 1. The first-order chi connectivity index (χ1) is 12.1. The molecule has 1 aliphatic carbocycles. The summed E-state index contributed by atoms with van der Waals surface area (Å²) in [5, 5.41) is 0. The molecule has 3 rings (SSSR count). The molecule has 0 saturated carbocycles. The quantitative estimate of drug-likeness (QED) is 0.820. The van der Waals surface area contributed by atoms with Crippen LogP contribution in [0.1, 0.15) is 53.4 Å². The summed E-state index contributed by atoms with van der Waals surface area (Å²) in [5.74, 6) is 0.0177. The Bertz CT molecular complexity index is 662. The molecule has 2 aliphatic heterocycles. The van der Waals surface area contributed by atoms with Crippen molar-refractivity contribution in [2.75, 3.05) is 19.6 Å². The van der Waals surface area contributed by atoms with Crippen molar-refractivity contribution in [3.05, 3.63) is 23.4 Å². The van der Waals surface area contributed by atoms with E-state index in [4.69, 9.17) is 10.5 Å². The maximum Gasteiger partial charge on any atom is 0.410 e. The second kappa shape index (κ2) is 6.63. The summed E-state index contributed by atoms with van der Waals surface area (Å²) in [6.07, 6.45) is 7.37. The summed E-state index contributed by atoms with van der Waals surface area (Å²) in [6.45, 7) is 9.62. The second-order valence-corrected chi connectivity index (χ2v) is 9.01. The Morgan fingerprint density at radius 2 is 2.12 bits per heavy atom. The third kappa shape index (κ3) is 3.60. The molecule has 0 bridgehead atoms. The zero-order valence-corrected chi connectivity index (χ0v) is 16.4. The maximum atomic E-state index is 13.0. The molecule has 2 atom stereocenters. The van der Waals surface area contributed by atoms with E-state index < -0.39 is 5.60 Å². The minimum Gasteiger partial charge on any atom is -0.444 e. The van der Waals surface area contributed by atoms with Crippen molar-refractivity contribution >= 4 is 12.0 Å². The van der Waals surface area contributed by atoms with Crippen LogP contribution in [-0.4, -0.2) is 53.1 Å². The molecule has 2 heterocycles. The number of hydrogen-bond donors (Lipinski definition) is 1. The Kier molecular flexibility index (Phi) is 4.80. The van der Waals surface area contributed by atoms with E-state index in [1.165, 1.54) is 0 Å². The Labute approximate surface area is 156 Å². The average Bonchev–Trinajstić information content (AvgIpc) is 2.78. The number of likely N-dealkylation sites (tertiary alicyclic amines) is 2. The molecule has 3 aliphatic rings. The molecule has 6 heteroatoms. The number of rotatable bonds is 2. The van der Waals surface area contributed by atoms with E-state index in [-0.39, 0.29) is 23.5 Å². The SMILES string of the molecule is CC(C)(C)OC(=O)N1CCCCC1CN1CC2(C)CC=CC(N)=C2C1=O. The largest absolute Gasteiger partial charge is 0.444 e. The number of nitrogens with two attached hydrogens (primary N) is 1. The van der Waals surface area contributed by atoms with Crippen LogP contribution in [0.15, 0.2) is 23.4 Å². The average molecular weight is 361 g/mol. The number of allylic oxidation sites excluding steroid dienone is 2. The lowest BCUT2D eigenvalue weighted by molar-refractivity contribution is -0.125. The third-order valence-electron chi connectivity index (χ3n) is 5.49. The zero-order valence-electron chi connectivity index (χ0n) is 16.4. The minimum atomic E-state index is -0.518. The van der Waals surface area contributed by atoms with Crippen molar-refractivity contribution < 1.29 is 14.3 Å². The smallest absolute Gasteiger partial charge is 0.410 e. The molecule has 0 spiro atoms. The van der Waals surface area contributed by atoms with E-state index >= 15 is 0 Å². The number of hydrogen-bond acceptors (Lipinski definition) is 4. The Hall–Kier alpha value is -1.98. The fourth-order valence-electron chi connectivity index (χ4n) is 4.31. The fourth-order valence-corrected chi connectivity index (χ4v) is 4.31. The summed E-state index contributed by atoms with van der Waals surface area (Å²) in [6, 6.07) is 0.00101. The van der Waals surface area contributed by atoms with Gasteiger partial charge in [0.25, 0.3) is 5.91 Å². The van der Waals surface area contributed by atoms with Gasteiger partial charge in [0.1, 0.15) is 5.60 Å². The third-order valence-corrected chi connectivity index (χ3v) is 5.49. The summed E-state index contributed by atoms with van der Waals surface area (Å²) < 4.78 is 5.57. The predicted octanol–water partition coefficient (Wildman–Crippen LogP) is 2.80. The highest BCUT2D eigenvalue weighted by Crippen LogP contribution is 2.43. The maximum absolute atomic E-state index is 13.0. The van der Waals surface area contributed by atoms with Crippen LogP contribution in [0.4, 0.5) is 4.79 Å². The number of carbonyl (C=O) groups excluding carboxylic acids is 2. The van der Waals surface area contributed by atoms with Gasteiger partial charge in [-0.05, 0) is 52.5 Å². The highest BCUT2D eigenvalue weighted by atomic mass is 16.6. The van der Waals surface area contributed by atoms with E-state index in [9.17, 15) is 9.59 Å². The van der Waals surface area contributed by atoms with Gasteiger partial charge in [-0.25, -0.2) is 4.79 Å². The predicted molar refractivity (Wildman–Crippen MR) is 100 cm³/mol. The van der Waals surface area contributed by atoms with Crippen molar-refractivity contribution in [1.29, 1.82) is 0 Å². The van der Waals surface area contributed by atoms with Crippen LogP contribution in [0.3, 0.4) is 0 Å². The molecular weight excluding hydrogens is 330 g/mol. The Balaban J connectivity index is 1.74. The standard InChI is InChI=1S/C20H31N3O3/c1-19(2,3)26-18(25)23-11-6-5-8-14(23)12-22-13-20(4)10-7-9-15(21)16(20)17(22)24/h7,9,14H,5-6,8,10-13,21H2,1-4H3. The normalized spacial score (nSPS) is 29.2.